The molecule has 0 saturated carbocycles. The van der Waals surface area contributed by atoms with Crippen LogP contribution in [0.15, 0.2) is 23.7 Å². The highest BCUT2D eigenvalue weighted by atomic mass is 32.1. The summed E-state index contributed by atoms with van der Waals surface area (Å²) in [5.41, 5.74) is 0. The Labute approximate surface area is 125 Å². The number of aromatic nitrogens is 1. The summed E-state index contributed by atoms with van der Waals surface area (Å²) in [4.78, 5) is 7.16. The van der Waals surface area contributed by atoms with Gasteiger partial charge >= 0.3 is 0 Å². The zero-order valence-corrected chi connectivity index (χ0v) is 13.1. The van der Waals surface area contributed by atoms with Gasteiger partial charge in [-0.25, -0.2) is 4.98 Å². The molecule has 3 heterocycles. The molecule has 3 nitrogen and oxygen atoms in total. The van der Waals surface area contributed by atoms with Crippen molar-refractivity contribution in [3.05, 3.63) is 23.7 Å². The van der Waals surface area contributed by atoms with Crippen molar-refractivity contribution in [3.63, 3.8) is 0 Å². The number of fused-ring (bicyclic) bond motifs is 1. The van der Waals surface area contributed by atoms with Crippen LogP contribution in [0.5, 0.6) is 0 Å². The lowest BCUT2D eigenvalue weighted by molar-refractivity contribution is 0.370. The lowest BCUT2D eigenvalue weighted by Crippen LogP contribution is -2.41. The predicted molar refractivity (Wildman–Crippen MR) is 87.7 cm³/mol. The van der Waals surface area contributed by atoms with Crippen molar-refractivity contribution in [3.8, 4) is 0 Å². The Morgan fingerprint density at radius 1 is 1.45 bits per heavy atom. The Balaban J connectivity index is 1.87. The second-order valence-electron chi connectivity index (χ2n) is 5.93. The van der Waals surface area contributed by atoms with Crippen molar-refractivity contribution < 1.29 is 0 Å². The molecule has 0 spiro atoms. The first-order valence-electron chi connectivity index (χ1n) is 7.55. The molecule has 0 aliphatic carbocycles. The highest BCUT2D eigenvalue weighted by Crippen LogP contribution is 2.30. The van der Waals surface area contributed by atoms with Crippen LogP contribution in [0.25, 0.3) is 10.1 Å². The number of anilines is 1. The Morgan fingerprint density at radius 2 is 2.35 bits per heavy atom. The molecule has 0 radical (unpaired) electrons. The number of nitrogens with zero attached hydrogens (tertiary/aromatic N) is 2. The van der Waals surface area contributed by atoms with Crippen LogP contribution in [0, 0.1) is 5.92 Å². The van der Waals surface area contributed by atoms with E-state index in [2.05, 4.69) is 46.6 Å². The van der Waals surface area contributed by atoms with E-state index >= 15 is 0 Å². The van der Waals surface area contributed by atoms with Gasteiger partial charge in [-0.1, -0.05) is 0 Å². The zero-order valence-electron chi connectivity index (χ0n) is 12.3. The Kier molecular flexibility index (Phi) is 4.22. The minimum Gasteiger partial charge on any atom is -0.353 e. The molecule has 4 heteroatoms. The third kappa shape index (κ3) is 2.81. The molecule has 1 aliphatic heterocycles. The fraction of sp³-hybridized carbons (Fsp3) is 0.562. The highest BCUT2D eigenvalue weighted by molar-refractivity contribution is 7.17. The lowest BCUT2D eigenvalue weighted by atomic mass is 9.98. The smallest absolute Gasteiger partial charge is 0.137 e. The molecule has 1 saturated heterocycles. The normalized spacial score (nSPS) is 19.6. The van der Waals surface area contributed by atoms with E-state index in [0.29, 0.717) is 6.04 Å². The van der Waals surface area contributed by atoms with E-state index in [0.717, 1.165) is 24.8 Å². The predicted octanol–water partition coefficient (Wildman–Crippen LogP) is 3.51. The van der Waals surface area contributed by atoms with Crippen LogP contribution in [0.4, 0.5) is 5.82 Å². The van der Waals surface area contributed by atoms with Crippen LogP contribution < -0.4 is 10.2 Å². The molecule has 1 fully saturated rings. The molecule has 2 aromatic rings. The van der Waals surface area contributed by atoms with Crippen molar-refractivity contribution in [2.75, 3.05) is 24.5 Å². The molecular formula is C16H23N3S. The number of thiophene rings is 1. The maximum Gasteiger partial charge on any atom is 0.137 e. The number of piperidine rings is 1. The van der Waals surface area contributed by atoms with Gasteiger partial charge in [0.2, 0.25) is 0 Å². The van der Waals surface area contributed by atoms with E-state index in [4.69, 9.17) is 0 Å². The molecule has 0 amide bonds. The standard InChI is InChI=1S/C16H23N3S/c1-12(2)19(11-13-4-3-7-17-10-13)16-14-6-9-20-15(14)5-8-18-16/h5-6,8-9,12-13,17H,3-4,7,10-11H2,1-2H3. The molecule has 0 aromatic carbocycles. The molecular weight excluding hydrogens is 266 g/mol. The summed E-state index contributed by atoms with van der Waals surface area (Å²) >= 11 is 1.80. The van der Waals surface area contributed by atoms with Crippen molar-refractivity contribution in [2.45, 2.75) is 32.7 Å². The first kappa shape index (κ1) is 13.8. The second-order valence-corrected chi connectivity index (χ2v) is 6.87. The third-order valence-corrected chi connectivity index (χ3v) is 4.99. The summed E-state index contributed by atoms with van der Waals surface area (Å²) in [6, 6.07) is 4.80. The number of rotatable bonds is 4. The third-order valence-electron chi connectivity index (χ3n) is 4.11. The molecule has 1 N–H and O–H groups in total. The SMILES string of the molecule is CC(C)N(CC1CCCNC1)c1nccc2sccc12. The molecule has 20 heavy (non-hydrogen) atoms. The second kappa shape index (κ2) is 6.10. The van der Waals surface area contributed by atoms with E-state index in [9.17, 15) is 0 Å². The topological polar surface area (TPSA) is 28.2 Å². The van der Waals surface area contributed by atoms with Crippen LogP contribution in [0.3, 0.4) is 0 Å². The summed E-state index contributed by atoms with van der Waals surface area (Å²) < 4.78 is 1.34. The highest BCUT2D eigenvalue weighted by Gasteiger charge is 2.21. The van der Waals surface area contributed by atoms with Crippen molar-refractivity contribution in [1.29, 1.82) is 0 Å². The summed E-state index contributed by atoms with van der Waals surface area (Å²) in [5.74, 6) is 1.89. The molecule has 1 unspecified atom stereocenters. The van der Waals surface area contributed by atoms with Gasteiger partial charge in [0.05, 0.1) is 0 Å². The van der Waals surface area contributed by atoms with Gasteiger partial charge in [0, 0.05) is 28.9 Å². The van der Waals surface area contributed by atoms with E-state index in [1.54, 1.807) is 11.3 Å². The molecule has 2 aromatic heterocycles. The van der Waals surface area contributed by atoms with Crippen LogP contribution in [0.2, 0.25) is 0 Å². The minimum atomic E-state index is 0.481. The van der Waals surface area contributed by atoms with Crippen molar-refractivity contribution in [2.24, 2.45) is 5.92 Å². The molecule has 1 atom stereocenters. The molecule has 3 rings (SSSR count). The van der Waals surface area contributed by atoms with Gasteiger partial charge in [-0.05, 0) is 63.2 Å². The maximum absolute atomic E-state index is 4.68. The summed E-state index contributed by atoms with van der Waals surface area (Å²) in [6.45, 7) is 7.96. The summed E-state index contributed by atoms with van der Waals surface area (Å²) in [7, 11) is 0. The zero-order chi connectivity index (χ0) is 13.9. The van der Waals surface area contributed by atoms with Crippen LogP contribution in [0.1, 0.15) is 26.7 Å². The average Bonchev–Trinajstić information content (AvgIpc) is 2.94. The monoisotopic (exact) mass is 289 g/mol. The van der Waals surface area contributed by atoms with Gasteiger partial charge in [0.25, 0.3) is 0 Å². The van der Waals surface area contributed by atoms with Crippen molar-refractivity contribution >= 4 is 27.2 Å². The largest absolute Gasteiger partial charge is 0.353 e. The Hall–Kier alpha value is -1.13. The number of pyridine rings is 1. The van der Waals surface area contributed by atoms with Crippen molar-refractivity contribution in [1.82, 2.24) is 10.3 Å². The van der Waals surface area contributed by atoms with E-state index in [1.807, 2.05) is 6.20 Å². The fourth-order valence-electron chi connectivity index (χ4n) is 3.01. The quantitative estimate of drug-likeness (QED) is 0.933. The van der Waals surface area contributed by atoms with E-state index < -0.39 is 0 Å². The maximum atomic E-state index is 4.68. The van der Waals surface area contributed by atoms with Gasteiger partial charge in [-0.15, -0.1) is 11.3 Å². The first-order valence-corrected chi connectivity index (χ1v) is 8.43. The van der Waals surface area contributed by atoms with Gasteiger partial charge in [0.1, 0.15) is 5.82 Å². The summed E-state index contributed by atoms with van der Waals surface area (Å²) in [6.07, 6.45) is 4.57. The van der Waals surface area contributed by atoms with Gasteiger partial charge in [-0.2, -0.15) is 0 Å². The van der Waals surface area contributed by atoms with Gasteiger partial charge < -0.3 is 10.2 Å². The Morgan fingerprint density at radius 3 is 3.10 bits per heavy atom. The number of nitrogens with one attached hydrogen (secondary N) is 1. The molecule has 108 valence electrons. The average molecular weight is 289 g/mol. The van der Waals surface area contributed by atoms with Gasteiger partial charge in [0.15, 0.2) is 0 Å². The molecule has 1 aliphatic rings. The van der Waals surface area contributed by atoms with Crippen LogP contribution >= 0.6 is 11.3 Å². The first-order chi connectivity index (χ1) is 9.75. The fourth-order valence-corrected chi connectivity index (χ4v) is 3.79. The van der Waals surface area contributed by atoms with E-state index in [-0.39, 0.29) is 0 Å². The van der Waals surface area contributed by atoms with Gasteiger partial charge in [-0.3, -0.25) is 0 Å². The summed E-state index contributed by atoms with van der Waals surface area (Å²) in [5, 5.41) is 6.98. The van der Waals surface area contributed by atoms with E-state index in [1.165, 1.54) is 29.5 Å². The van der Waals surface area contributed by atoms with Crippen LogP contribution in [-0.2, 0) is 0 Å². The number of hydrogen-bond acceptors (Lipinski definition) is 4. The number of hydrogen-bond donors (Lipinski definition) is 1. The lowest BCUT2D eigenvalue weighted by Gasteiger charge is -2.34. The minimum absolute atomic E-state index is 0.481. The Bertz CT molecular complexity index is 558. The molecule has 0 bridgehead atoms. The van der Waals surface area contributed by atoms with Crippen LogP contribution in [-0.4, -0.2) is 30.7 Å².